The summed E-state index contributed by atoms with van der Waals surface area (Å²) in [6, 6.07) is -2.22. The van der Waals surface area contributed by atoms with Crippen molar-refractivity contribution < 1.29 is 34.8 Å². The van der Waals surface area contributed by atoms with Crippen LogP contribution in [0.25, 0.3) is 0 Å². The molecule has 0 aliphatic carbocycles. The summed E-state index contributed by atoms with van der Waals surface area (Å²) in [5.74, 6) is -3.38. The fraction of sp³-hybridized carbons (Fsp3) is 0.667. The fourth-order valence-electron chi connectivity index (χ4n) is 0.609. The van der Waals surface area contributed by atoms with E-state index in [9.17, 15) is 14.4 Å². The van der Waals surface area contributed by atoms with Crippen LogP contribution in [-0.2, 0) is 14.4 Å². The Morgan fingerprint density at radius 1 is 1.06 bits per heavy atom. The van der Waals surface area contributed by atoms with Crippen LogP contribution in [0, 0.1) is 0 Å². The second kappa shape index (κ2) is 9.33. The van der Waals surface area contributed by atoms with E-state index in [1.165, 1.54) is 6.92 Å². The molecule has 106 valence electrons. The topological polar surface area (TPSA) is 184 Å². The molecule has 18 heavy (non-hydrogen) atoms. The van der Waals surface area contributed by atoms with Crippen molar-refractivity contribution in [1.29, 1.82) is 0 Å². The Balaban J connectivity index is 0. The standard InChI is InChI=1S/C5H9NO4.C4H9NO3/c6-3(5(9)10)1-2-4(7)8;1-2(6)3(5)4(7)8/h3H,1-2,6H2,(H,7,8)(H,9,10);2-3,6H,5H2,1H3,(H,7,8)/t3-;2-,3+/m01/s1. The van der Waals surface area contributed by atoms with E-state index in [1.54, 1.807) is 0 Å². The molecule has 0 saturated carbocycles. The molecule has 0 fully saturated rings. The van der Waals surface area contributed by atoms with Crippen LogP contribution in [0.1, 0.15) is 19.8 Å². The van der Waals surface area contributed by atoms with Gasteiger partial charge < -0.3 is 31.9 Å². The third-order valence-electron chi connectivity index (χ3n) is 1.79. The lowest BCUT2D eigenvalue weighted by molar-refractivity contribution is -0.141. The lowest BCUT2D eigenvalue weighted by Crippen LogP contribution is -2.39. The van der Waals surface area contributed by atoms with Gasteiger partial charge >= 0.3 is 17.9 Å². The number of aliphatic hydroxyl groups excluding tert-OH is 1. The van der Waals surface area contributed by atoms with Gasteiger partial charge in [-0.2, -0.15) is 0 Å². The second-order valence-corrected chi connectivity index (χ2v) is 3.48. The van der Waals surface area contributed by atoms with Gasteiger partial charge in [-0.1, -0.05) is 0 Å². The maximum Gasteiger partial charge on any atom is 0.323 e. The Kier molecular flexibility index (Phi) is 9.67. The molecule has 0 unspecified atom stereocenters. The molecule has 0 aromatic heterocycles. The first-order valence-electron chi connectivity index (χ1n) is 4.96. The zero-order chi connectivity index (χ0) is 14.9. The minimum atomic E-state index is -1.18. The third-order valence-corrected chi connectivity index (χ3v) is 1.79. The number of aliphatic hydroxyl groups is 1. The average molecular weight is 266 g/mol. The lowest BCUT2D eigenvalue weighted by atomic mass is 10.2. The molecule has 0 saturated heterocycles. The van der Waals surface area contributed by atoms with E-state index in [2.05, 4.69) is 0 Å². The van der Waals surface area contributed by atoms with Crippen molar-refractivity contribution >= 4 is 17.9 Å². The van der Waals surface area contributed by atoms with Crippen molar-refractivity contribution in [3.05, 3.63) is 0 Å². The van der Waals surface area contributed by atoms with Crippen LogP contribution in [0.3, 0.4) is 0 Å². The normalized spacial score (nSPS) is 14.7. The van der Waals surface area contributed by atoms with Gasteiger partial charge in [-0.15, -0.1) is 0 Å². The smallest absolute Gasteiger partial charge is 0.323 e. The monoisotopic (exact) mass is 266 g/mol. The number of carboxylic acid groups (broad SMARTS) is 3. The second-order valence-electron chi connectivity index (χ2n) is 3.48. The summed E-state index contributed by atoms with van der Waals surface area (Å²) in [7, 11) is 0. The average Bonchev–Trinajstić information content (AvgIpc) is 2.24. The van der Waals surface area contributed by atoms with E-state index >= 15 is 0 Å². The van der Waals surface area contributed by atoms with E-state index in [0.29, 0.717) is 0 Å². The van der Waals surface area contributed by atoms with Crippen LogP contribution in [0.5, 0.6) is 0 Å². The van der Waals surface area contributed by atoms with Crippen molar-refractivity contribution in [2.45, 2.75) is 38.0 Å². The largest absolute Gasteiger partial charge is 0.481 e. The highest BCUT2D eigenvalue weighted by atomic mass is 16.4. The molecule has 0 amide bonds. The maximum absolute atomic E-state index is 9.99. The SMILES string of the molecule is C[C@@H](O)[C@H](N)C(=O)O.N[C@@H](CCC(=O)O)C(=O)O. The number of aliphatic carboxylic acids is 3. The van der Waals surface area contributed by atoms with Crippen molar-refractivity contribution in [2.24, 2.45) is 11.5 Å². The van der Waals surface area contributed by atoms with E-state index in [4.69, 9.17) is 31.9 Å². The quantitative estimate of drug-likeness (QED) is 0.317. The molecule has 8 N–H and O–H groups in total. The maximum atomic E-state index is 9.99. The molecule has 0 aromatic carbocycles. The number of nitrogens with two attached hydrogens (primary N) is 2. The molecule has 0 aromatic rings. The van der Waals surface area contributed by atoms with Crippen LogP contribution in [0.15, 0.2) is 0 Å². The van der Waals surface area contributed by atoms with E-state index in [-0.39, 0.29) is 12.8 Å². The number of carbonyl (C=O) groups is 3. The summed E-state index contributed by atoms with van der Waals surface area (Å²) in [6.07, 6.45) is -1.20. The number of hydrogen-bond donors (Lipinski definition) is 6. The van der Waals surface area contributed by atoms with Gasteiger partial charge in [-0.05, 0) is 13.3 Å². The number of rotatable bonds is 6. The van der Waals surface area contributed by atoms with Gasteiger partial charge in [0.15, 0.2) is 0 Å². The van der Waals surface area contributed by atoms with Gasteiger partial charge in [0.25, 0.3) is 0 Å². The van der Waals surface area contributed by atoms with E-state index in [1.807, 2.05) is 0 Å². The summed E-state index contributed by atoms with van der Waals surface area (Å²) in [6.45, 7) is 1.33. The van der Waals surface area contributed by atoms with Crippen molar-refractivity contribution in [2.75, 3.05) is 0 Å². The Bertz CT molecular complexity index is 293. The van der Waals surface area contributed by atoms with Gasteiger partial charge in [0, 0.05) is 6.42 Å². The predicted molar refractivity (Wildman–Crippen MR) is 59.8 cm³/mol. The molecule has 0 spiro atoms. The first-order chi connectivity index (χ1) is 8.09. The zero-order valence-electron chi connectivity index (χ0n) is 9.81. The van der Waals surface area contributed by atoms with Gasteiger partial charge in [0.05, 0.1) is 6.10 Å². The fourth-order valence-corrected chi connectivity index (χ4v) is 0.609. The molecule has 0 rings (SSSR count). The van der Waals surface area contributed by atoms with Crippen molar-refractivity contribution in [3.8, 4) is 0 Å². The Morgan fingerprint density at radius 3 is 1.67 bits per heavy atom. The highest BCUT2D eigenvalue weighted by molar-refractivity contribution is 5.74. The molecule has 0 radical (unpaired) electrons. The van der Waals surface area contributed by atoms with Gasteiger partial charge in [0.2, 0.25) is 0 Å². The predicted octanol–water partition coefficient (Wildman–Crippen LogP) is -1.96. The summed E-state index contributed by atoms with van der Waals surface area (Å²) in [5.41, 5.74) is 9.91. The summed E-state index contributed by atoms with van der Waals surface area (Å²) >= 11 is 0. The zero-order valence-corrected chi connectivity index (χ0v) is 9.81. The molecule has 3 atom stereocenters. The highest BCUT2D eigenvalue weighted by Gasteiger charge is 2.16. The Hall–Kier alpha value is -1.71. The molecule has 9 nitrogen and oxygen atoms in total. The molecule has 9 heteroatoms. The molecule has 0 aliphatic rings. The lowest BCUT2D eigenvalue weighted by Gasteiger charge is -2.06. The first kappa shape index (κ1) is 18.6. The number of carboxylic acids is 3. The van der Waals surface area contributed by atoms with Crippen LogP contribution in [0.2, 0.25) is 0 Å². The van der Waals surface area contributed by atoms with Gasteiger partial charge in [-0.3, -0.25) is 14.4 Å². The van der Waals surface area contributed by atoms with Gasteiger partial charge in [0.1, 0.15) is 12.1 Å². The van der Waals surface area contributed by atoms with E-state index < -0.39 is 36.1 Å². The van der Waals surface area contributed by atoms with E-state index in [0.717, 1.165) is 0 Å². The summed E-state index contributed by atoms with van der Waals surface area (Å²) in [4.78, 5) is 29.7. The molecule has 0 heterocycles. The molecular weight excluding hydrogens is 248 g/mol. The molecule has 0 aliphatic heterocycles. The summed E-state index contributed by atoms with van der Waals surface area (Å²) in [5, 5.41) is 32.8. The highest BCUT2D eigenvalue weighted by Crippen LogP contribution is 1.93. The Labute approximate surface area is 103 Å². The van der Waals surface area contributed by atoms with Crippen molar-refractivity contribution in [1.82, 2.24) is 0 Å². The third kappa shape index (κ3) is 10.8. The van der Waals surface area contributed by atoms with Crippen LogP contribution in [-0.4, -0.2) is 56.5 Å². The molecular formula is C9H18N2O7. The first-order valence-corrected chi connectivity index (χ1v) is 4.96. The van der Waals surface area contributed by atoms with Crippen LogP contribution < -0.4 is 11.5 Å². The van der Waals surface area contributed by atoms with Crippen molar-refractivity contribution in [3.63, 3.8) is 0 Å². The number of hydrogen-bond acceptors (Lipinski definition) is 6. The minimum absolute atomic E-state index is 0.0231. The Morgan fingerprint density at radius 2 is 1.50 bits per heavy atom. The summed E-state index contributed by atoms with van der Waals surface area (Å²) < 4.78 is 0. The van der Waals surface area contributed by atoms with Crippen LogP contribution in [0.4, 0.5) is 0 Å². The van der Waals surface area contributed by atoms with Gasteiger partial charge in [-0.25, -0.2) is 0 Å². The minimum Gasteiger partial charge on any atom is -0.481 e. The van der Waals surface area contributed by atoms with Crippen LogP contribution >= 0.6 is 0 Å². The molecule has 0 bridgehead atoms.